The number of hydrogen-bond acceptors (Lipinski definition) is 1. The summed E-state index contributed by atoms with van der Waals surface area (Å²) in [6.07, 6.45) is 3.87. The molecule has 0 N–H and O–H groups in total. The van der Waals surface area contributed by atoms with Crippen LogP contribution in [0.2, 0.25) is 0 Å². The highest BCUT2D eigenvalue weighted by molar-refractivity contribution is 6.08. The third-order valence-electron chi connectivity index (χ3n) is 8.36. The van der Waals surface area contributed by atoms with E-state index in [4.69, 9.17) is 9.98 Å². The van der Waals surface area contributed by atoms with Crippen molar-refractivity contribution in [3.05, 3.63) is 144 Å². The van der Waals surface area contributed by atoms with E-state index in [1.165, 1.54) is 44.1 Å². The number of fused-ring (bicyclic) bond motifs is 3. The number of nitrogens with zero attached hydrogens (tertiary/aromatic N) is 3. The van der Waals surface area contributed by atoms with Gasteiger partial charge in [0.2, 0.25) is 0 Å². The van der Waals surface area contributed by atoms with Crippen molar-refractivity contribution >= 4 is 33.4 Å². The van der Waals surface area contributed by atoms with Gasteiger partial charge in [0.25, 0.3) is 0 Å². The quantitative estimate of drug-likeness (QED) is 0.0909. The smallest absolute Gasteiger partial charge is 0.126 e. The topological polar surface area (TPSA) is 29.6 Å². The summed E-state index contributed by atoms with van der Waals surface area (Å²) in [5, 5.41) is 2.52. The Kier molecular flexibility index (Phi) is 10.8. The number of benzene rings is 5. The fourth-order valence-corrected chi connectivity index (χ4v) is 6.19. The van der Waals surface area contributed by atoms with Crippen LogP contribution in [0, 0.1) is 6.92 Å². The van der Waals surface area contributed by atoms with E-state index in [2.05, 4.69) is 147 Å². The first-order valence-corrected chi connectivity index (χ1v) is 16.4. The Morgan fingerprint density at radius 1 is 0.644 bits per heavy atom. The zero-order chi connectivity index (χ0) is 31.6. The van der Waals surface area contributed by atoms with Gasteiger partial charge in [-0.15, -0.1) is 0 Å². The second-order valence-corrected chi connectivity index (χ2v) is 11.3. The zero-order valence-electron chi connectivity index (χ0n) is 27.4. The van der Waals surface area contributed by atoms with E-state index in [1.807, 2.05) is 19.9 Å². The van der Waals surface area contributed by atoms with Crippen LogP contribution in [0.3, 0.4) is 0 Å². The highest BCUT2D eigenvalue weighted by Gasteiger charge is 2.15. The largest absolute Gasteiger partial charge is 0.318 e. The van der Waals surface area contributed by atoms with Gasteiger partial charge in [0.05, 0.1) is 11.0 Å². The van der Waals surface area contributed by atoms with Crippen LogP contribution in [0.25, 0.3) is 32.9 Å². The summed E-state index contributed by atoms with van der Waals surface area (Å²) in [5.41, 5.74) is 9.92. The summed E-state index contributed by atoms with van der Waals surface area (Å²) >= 11 is 0. The van der Waals surface area contributed by atoms with Crippen LogP contribution in [-0.4, -0.2) is 16.1 Å². The molecule has 0 aliphatic carbocycles. The minimum atomic E-state index is -0.0890. The van der Waals surface area contributed by atoms with E-state index in [9.17, 15) is 0 Å². The monoisotopic (exact) mass is 591 g/mol. The maximum atomic E-state index is 5.30. The van der Waals surface area contributed by atoms with Gasteiger partial charge in [-0.2, -0.15) is 0 Å². The molecule has 3 nitrogen and oxygen atoms in total. The molecule has 0 amide bonds. The molecule has 6 aromatic rings. The summed E-state index contributed by atoms with van der Waals surface area (Å²) in [4.78, 5) is 10.4. The summed E-state index contributed by atoms with van der Waals surface area (Å²) < 4.78 is 2.36. The van der Waals surface area contributed by atoms with Crippen LogP contribution in [0.1, 0.15) is 69.8 Å². The van der Waals surface area contributed by atoms with Crippen LogP contribution < -0.4 is 0 Å². The summed E-state index contributed by atoms with van der Waals surface area (Å²) in [6, 6.07) is 45.2. The second kappa shape index (κ2) is 15.3. The Hall–Kier alpha value is -4.76. The van der Waals surface area contributed by atoms with E-state index in [0.29, 0.717) is 0 Å². The van der Waals surface area contributed by atoms with Gasteiger partial charge in [0.15, 0.2) is 0 Å². The molecule has 5 aromatic carbocycles. The minimum Gasteiger partial charge on any atom is -0.318 e. The van der Waals surface area contributed by atoms with Gasteiger partial charge in [-0.3, -0.25) is 0 Å². The van der Waals surface area contributed by atoms with Gasteiger partial charge in [0.1, 0.15) is 12.0 Å². The molecular formula is C42H45N3. The van der Waals surface area contributed by atoms with Crippen molar-refractivity contribution in [3.63, 3.8) is 0 Å². The number of aryl methyl sites for hydroxylation is 2. The summed E-state index contributed by atoms with van der Waals surface area (Å²) in [5.74, 6) is 0.905. The van der Waals surface area contributed by atoms with Gasteiger partial charge >= 0.3 is 0 Å². The molecule has 0 radical (unpaired) electrons. The number of para-hydroxylation sites is 2. The van der Waals surface area contributed by atoms with Crippen LogP contribution in [-0.2, 0) is 6.42 Å². The Labute approximate surface area is 269 Å². The number of hydrogen-bond donors (Lipinski definition) is 0. The molecule has 45 heavy (non-hydrogen) atoms. The Bertz CT molecular complexity index is 1860. The minimum absolute atomic E-state index is 0.0890. The van der Waals surface area contributed by atoms with Gasteiger partial charge < -0.3 is 4.57 Å². The van der Waals surface area contributed by atoms with Gasteiger partial charge in [-0.05, 0) is 80.0 Å². The van der Waals surface area contributed by atoms with E-state index < -0.39 is 0 Å². The first-order chi connectivity index (χ1) is 22.1. The predicted octanol–water partition coefficient (Wildman–Crippen LogP) is 11.6. The average Bonchev–Trinajstić information content (AvgIpc) is 3.43. The lowest BCUT2D eigenvalue weighted by molar-refractivity contribution is 0.608. The van der Waals surface area contributed by atoms with Crippen LogP contribution >= 0.6 is 0 Å². The molecule has 6 rings (SSSR count). The lowest BCUT2D eigenvalue weighted by Crippen LogP contribution is -2.08. The van der Waals surface area contributed by atoms with Crippen LogP contribution in [0.15, 0.2) is 137 Å². The van der Waals surface area contributed by atoms with Crippen LogP contribution in [0.5, 0.6) is 0 Å². The van der Waals surface area contributed by atoms with Crippen molar-refractivity contribution in [2.45, 2.75) is 66.5 Å². The van der Waals surface area contributed by atoms with E-state index >= 15 is 0 Å². The predicted molar refractivity (Wildman–Crippen MR) is 196 cm³/mol. The zero-order valence-corrected chi connectivity index (χ0v) is 27.4. The SMILES string of the molecule is CC.CC(=N/C(CCCCc1ccccc1-c1ccccc1C)=N\C(C)n1c2ccccc2c2ccccc21)c1ccccc1. The molecule has 1 aromatic heterocycles. The lowest BCUT2D eigenvalue weighted by Gasteiger charge is -2.15. The van der Waals surface area contributed by atoms with Crippen molar-refractivity contribution in [1.29, 1.82) is 0 Å². The normalized spacial score (nSPS) is 12.6. The van der Waals surface area contributed by atoms with E-state index in [-0.39, 0.29) is 6.17 Å². The number of aromatic nitrogens is 1. The molecule has 0 aliphatic rings. The maximum absolute atomic E-state index is 5.30. The summed E-state index contributed by atoms with van der Waals surface area (Å²) in [7, 11) is 0. The van der Waals surface area contributed by atoms with Gasteiger partial charge in [0, 0.05) is 22.9 Å². The van der Waals surface area contributed by atoms with Gasteiger partial charge in [-0.1, -0.05) is 129 Å². The first kappa shape index (κ1) is 31.7. The lowest BCUT2D eigenvalue weighted by atomic mass is 9.93. The third-order valence-corrected chi connectivity index (χ3v) is 8.36. The van der Waals surface area contributed by atoms with E-state index in [1.54, 1.807) is 0 Å². The fourth-order valence-electron chi connectivity index (χ4n) is 6.19. The third kappa shape index (κ3) is 7.32. The molecule has 228 valence electrons. The molecule has 3 heteroatoms. The van der Waals surface area contributed by atoms with Crippen molar-refractivity contribution in [3.8, 4) is 11.1 Å². The fraction of sp³-hybridized carbons (Fsp3) is 0.238. The standard InChI is InChI=1S/C40H39N3.C2H6/c1-29-17-7-10-22-34(29)35-23-11-8-20-33(35)21-9-16-28-40(41-30(2)32-18-5-4-6-19-32)42-31(3)43-38-26-14-12-24-36(38)37-25-13-15-27-39(37)43;1-2/h4-8,10-15,17-20,22-27,31H,9,16,21,28H2,1-3H3;1-2H3/b41-30?,42-40-;. The van der Waals surface area contributed by atoms with E-state index in [0.717, 1.165) is 42.8 Å². The Morgan fingerprint density at radius 2 is 1.20 bits per heavy atom. The van der Waals surface area contributed by atoms with Gasteiger partial charge in [-0.25, -0.2) is 9.98 Å². The molecule has 1 unspecified atom stereocenters. The molecule has 1 heterocycles. The number of unbranched alkanes of at least 4 members (excludes halogenated alkanes) is 1. The first-order valence-electron chi connectivity index (χ1n) is 16.4. The van der Waals surface area contributed by atoms with Crippen molar-refractivity contribution < 1.29 is 0 Å². The van der Waals surface area contributed by atoms with Crippen molar-refractivity contribution in [2.75, 3.05) is 0 Å². The highest BCUT2D eigenvalue weighted by atomic mass is 15.1. The average molecular weight is 592 g/mol. The molecular weight excluding hydrogens is 546 g/mol. The molecule has 0 spiro atoms. The molecule has 0 bridgehead atoms. The molecule has 1 atom stereocenters. The van der Waals surface area contributed by atoms with Crippen molar-refractivity contribution in [1.82, 2.24) is 4.57 Å². The Morgan fingerprint density at radius 3 is 1.87 bits per heavy atom. The molecule has 0 fully saturated rings. The second-order valence-electron chi connectivity index (χ2n) is 11.3. The molecule has 0 saturated heterocycles. The number of aliphatic imine (C=N–C) groups is 2. The Balaban J connectivity index is 0.00000196. The van der Waals surface area contributed by atoms with Crippen molar-refractivity contribution in [2.24, 2.45) is 9.98 Å². The number of rotatable bonds is 9. The number of amidine groups is 1. The van der Waals surface area contributed by atoms with Crippen LogP contribution in [0.4, 0.5) is 0 Å². The summed E-state index contributed by atoms with van der Waals surface area (Å²) in [6.45, 7) is 10.5. The molecule has 0 saturated carbocycles. The highest BCUT2D eigenvalue weighted by Crippen LogP contribution is 2.32. The maximum Gasteiger partial charge on any atom is 0.126 e. The molecule has 0 aliphatic heterocycles.